The number of amides is 1. The number of rotatable bonds is 4. The summed E-state index contributed by atoms with van der Waals surface area (Å²) >= 11 is 3.06. The summed E-state index contributed by atoms with van der Waals surface area (Å²) in [6, 6.07) is 6.30. The van der Waals surface area contributed by atoms with Gasteiger partial charge in [0.1, 0.15) is 6.10 Å². The average molecular weight is 289 g/mol. The molecule has 0 aliphatic heterocycles. The van der Waals surface area contributed by atoms with Gasteiger partial charge >= 0.3 is 0 Å². The third kappa shape index (κ3) is 3.02. The van der Waals surface area contributed by atoms with Crippen molar-refractivity contribution in [1.82, 2.24) is 5.43 Å². The summed E-state index contributed by atoms with van der Waals surface area (Å²) in [6.45, 7) is 0. The predicted octanol–water partition coefficient (Wildman–Crippen LogP) is 0.0793. The van der Waals surface area contributed by atoms with Crippen molar-refractivity contribution in [3.63, 3.8) is 0 Å². The van der Waals surface area contributed by atoms with Crippen LogP contribution < -0.4 is 11.3 Å². The Labute approximate surface area is 101 Å². The highest BCUT2D eigenvalue weighted by Crippen LogP contribution is 2.19. The number of aliphatic hydroxyl groups excluding tert-OH is 2. The zero-order valence-electron chi connectivity index (χ0n) is 8.43. The summed E-state index contributed by atoms with van der Waals surface area (Å²) < 4.78 is 0. The van der Waals surface area contributed by atoms with Gasteiger partial charge in [0.25, 0.3) is 5.91 Å². The second-order valence-electron chi connectivity index (χ2n) is 3.27. The first kappa shape index (κ1) is 13.1. The van der Waals surface area contributed by atoms with Gasteiger partial charge in [-0.1, -0.05) is 28.1 Å². The van der Waals surface area contributed by atoms with Gasteiger partial charge in [-0.3, -0.25) is 10.2 Å². The summed E-state index contributed by atoms with van der Waals surface area (Å²) in [5, 5.41) is 19.4. The molecule has 5 N–H and O–H groups in total. The van der Waals surface area contributed by atoms with E-state index in [1.165, 1.54) is 6.07 Å². The molecule has 1 aromatic rings. The molecular formula is C10H13BrN2O3. The number of benzene rings is 1. The van der Waals surface area contributed by atoms with Gasteiger partial charge in [0.05, 0.1) is 6.10 Å². The van der Waals surface area contributed by atoms with Crippen molar-refractivity contribution in [3.8, 4) is 0 Å². The second-order valence-corrected chi connectivity index (χ2v) is 3.91. The van der Waals surface area contributed by atoms with Crippen molar-refractivity contribution in [3.05, 3.63) is 35.4 Å². The number of alkyl halides is 1. The Morgan fingerprint density at radius 1 is 1.50 bits per heavy atom. The molecule has 0 heterocycles. The van der Waals surface area contributed by atoms with Crippen molar-refractivity contribution in [2.45, 2.75) is 12.2 Å². The fourth-order valence-corrected chi connectivity index (χ4v) is 1.61. The van der Waals surface area contributed by atoms with Gasteiger partial charge in [0.15, 0.2) is 0 Å². The molecule has 0 radical (unpaired) electrons. The average Bonchev–Trinajstić information content (AvgIpc) is 2.36. The number of nitrogens with two attached hydrogens (primary N) is 1. The van der Waals surface area contributed by atoms with Crippen molar-refractivity contribution in [1.29, 1.82) is 0 Å². The summed E-state index contributed by atoms with van der Waals surface area (Å²) in [5.74, 6) is 4.56. The Balaban J connectivity index is 2.94. The van der Waals surface area contributed by atoms with E-state index in [1.807, 2.05) is 5.43 Å². The number of hydrogen-bond acceptors (Lipinski definition) is 4. The van der Waals surface area contributed by atoms with E-state index in [0.717, 1.165) is 0 Å². The summed E-state index contributed by atoms with van der Waals surface area (Å²) in [4.78, 5) is 11.2. The van der Waals surface area contributed by atoms with Gasteiger partial charge in [-0.15, -0.1) is 0 Å². The van der Waals surface area contributed by atoms with Crippen LogP contribution in [-0.2, 0) is 0 Å². The van der Waals surface area contributed by atoms with Gasteiger partial charge in [-0.2, -0.15) is 0 Å². The summed E-state index contributed by atoms with van der Waals surface area (Å²) in [7, 11) is 0. The number of carbonyl (C=O) groups is 1. The SMILES string of the molecule is NNC(=O)c1cccc(C(O)C(O)CBr)c1. The predicted molar refractivity (Wildman–Crippen MR) is 62.9 cm³/mol. The van der Waals surface area contributed by atoms with E-state index in [4.69, 9.17) is 5.84 Å². The fraction of sp³-hybridized carbons (Fsp3) is 0.300. The minimum absolute atomic E-state index is 0.251. The number of hydrazine groups is 1. The van der Waals surface area contributed by atoms with E-state index < -0.39 is 18.1 Å². The van der Waals surface area contributed by atoms with Crippen LogP contribution in [0.5, 0.6) is 0 Å². The van der Waals surface area contributed by atoms with E-state index in [9.17, 15) is 15.0 Å². The minimum atomic E-state index is -1.04. The van der Waals surface area contributed by atoms with Gasteiger partial charge in [-0.05, 0) is 17.7 Å². The van der Waals surface area contributed by atoms with E-state index in [1.54, 1.807) is 18.2 Å². The van der Waals surface area contributed by atoms with Crippen LogP contribution in [0.25, 0.3) is 0 Å². The fourth-order valence-electron chi connectivity index (χ4n) is 1.25. The lowest BCUT2D eigenvalue weighted by Gasteiger charge is -2.16. The first-order valence-electron chi connectivity index (χ1n) is 4.63. The number of carbonyl (C=O) groups excluding carboxylic acids is 1. The highest BCUT2D eigenvalue weighted by molar-refractivity contribution is 9.09. The molecule has 0 bridgehead atoms. The molecule has 0 spiro atoms. The number of aliphatic hydroxyl groups is 2. The van der Waals surface area contributed by atoms with Crippen molar-refractivity contribution < 1.29 is 15.0 Å². The van der Waals surface area contributed by atoms with Crippen molar-refractivity contribution >= 4 is 21.8 Å². The quantitative estimate of drug-likeness (QED) is 0.273. The van der Waals surface area contributed by atoms with E-state index >= 15 is 0 Å². The molecule has 1 aromatic carbocycles. The lowest BCUT2D eigenvalue weighted by molar-refractivity contribution is 0.0342. The van der Waals surface area contributed by atoms with Crippen LogP contribution in [0.3, 0.4) is 0 Å². The molecule has 16 heavy (non-hydrogen) atoms. The molecule has 0 saturated carbocycles. The Bertz CT molecular complexity index is 373. The van der Waals surface area contributed by atoms with Crippen molar-refractivity contribution in [2.75, 3.05) is 5.33 Å². The molecule has 0 aliphatic rings. The smallest absolute Gasteiger partial charge is 0.265 e. The zero-order chi connectivity index (χ0) is 12.1. The van der Waals surface area contributed by atoms with E-state index in [0.29, 0.717) is 11.1 Å². The summed E-state index contributed by atoms with van der Waals surface area (Å²) in [6.07, 6.45) is -1.96. The molecule has 1 rings (SSSR count). The monoisotopic (exact) mass is 288 g/mol. The van der Waals surface area contributed by atoms with Crippen LogP contribution in [0, 0.1) is 0 Å². The molecule has 0 fully saturated rings. The molecule has 2 atom stereocenters. The highest BCUT2D eigenvalue weighted by Gasteiger charge is 2.18. The van der Waals surface area contributed by atoms with Crippen LogP contribution in [-0.4, -0.2) is 27.6 Å². The number of nitrogen functional groups attached to an aromatic ring is 1. The molecule has 5 nitrogen and oxygen atoms in total. The Morgan fingerprint density at radius 3 is 2.75 bits per heavy atom. The number of halogens is 1. The Hall–Kier alpha value is -0.950. The van der Waals surface area contributed by atoms with Gasteiger partial charge in [0, 0.05) is 10.9 Å². The lowest BCUT2D eigenvalue weighted by Crippen LogP contribution is -2.30. The molecule has 2 unspecified atom stereocenters. The molecule has 1 amide bonds. The maximum absolute atomic E-state index is 11.2. The second kappa shape index (κ2) is 5.95. The van der Waals surface area contributed by atoms with Crippen LogP contribution >= 0.6 is 15.9 Å². The lowest BCUT2D eigenvalue weighted by atomic mass is 10.0. The standard InChI is InChI=1S/C10H13BrN2O3/c11-5-8(14)9(15)6-2-1-3-7(4-6)10(16)13-12/h1-4,8-9,14-15H,5,12H2,(H,13,16). The van der Waals surface area contributed by atoms with Gasteiger partial charge < -0.3 is 10.2 Å². The third-order valence-corrected chi connectivity index (χ3v) is 2.81. The van der Waals surface area contributed by atoms with E-state index in [-0.39, 0.29) is 5.33 Å². The Kier molecular flexibility index (Phi) is 4.88. The van der Waals surface area contributed by atoms with E-state index in [2.05, 4.69) is 15.9 Å². The molecule has 88 valence electrons. The van der Waals surface area contributed by atoms with Crippen LogP contribution in [0.1, 0.15) is 22.0 Å². The first-order chi connectivity index (χ1) is 7.60. The van der Waals surface area contributed by atoms with Crippen molar-refractivity contribution in [2.24, 2.45) is 5.84 Å². The number of nitrogens with one attached hydrogen (secondary N) is 1. The van der Waals surface area contributed by atoms with Crippen LogP contribution in [0.4, 0.5) is 0 Å². The topological polar surface area (TPSA) is 95.6 Å². The minimum Gasteiger partial charge on any atom is -0.389 e. The largest absolute Gasteiger partial charge is 0.389 e. The van der Waals surface area contributed by atoms with Crippen LogP contribution in [0.2, 0.25) is 0 Å². The highest BCUT2D eigenvalue weighted by atomic mass is 79.9. The molecular weight excluding hydrogens is 276 g/mol. The molecule has 0 aliphatic carbocycles. The zero-order valence-corrected chi connectivity index (χ0v) is 10.0. The van der Waals surface area contributed by atoms with Gasteiger partial charge in [0.2, 0.25) is 0 Å². The maximum Gasteiger partial charge on any atom is 0.265 e. The molecule has 0 saturated heterocycles. The van der Waals surface area contributed by atoms with Crippen LogP contribution in [0.15, 0.2) is 24.3 Å². The molecule has 0 aromatic heterocycles. The Morgan fingerprint density at radius 2 is 2.19 bits per heavy atom. The third-order valence-electron chi connectivity index (χ3n) is 2.14. The number of hydrogen-bond donors (Lipinski definition) is 4. The summed E-state index contributed by atoms with van der Waals surface area (Å²) in [5.41, 5.74) is 2.80. The normalized spacial score (nSPS) is 14.2. The maximum atomic E-state index is 11.2. The van der Waals surface area contributed by atoms with Gasteiger partial charge in [-0.25, -0.2) is 5.84 Å². The molecule has 6 heteroatoms. The first-order valence-corrected chi connectivity index (χ1v) is 5.75.